The summed E-state index contributed by atoms with van der Waals surface area (Å²) in [6.45, 7) is 2.88. The SMILES string of the molecule is O=C(NCCN1CCc2ccccc21)C1CCC(=O)N1Cc1ccccc1. The van der Waals surface area contributed by atoms with E-state index in [1.165, 1.54) is 11.3 Å². The highest BCUT2D eigenvalue weighted by molar-refractivity contribution is 5.90. The maximum atomic E-state index is 12.7. The minimum Gasteiger partial charge on any atom is -0.369 e. The zero-order valence-electron chi connectivity index (χ0n) is 15.4. The Hall–Kier alpha value is -2.82. The van der Waals surface area contributed by atoms with Crippen LogP contribution in [0.1, 0.15) is 24.0 Å². The first-order chi connectivity index (χ1) is 13.2. The lowest BCUT2D eigenvalue weighted by molar-refractivity contribution is -0.135. The maximum absolute atomic E-state index is 12.7. The molecule has 1 unspecified atom stereocenters. The van der Waals surface area contributed by atoms with Gasteiger partial charge in [-0.3, -0.25) is 9.59 Å². The van der Waals surface area contributed by atoms with Gasteiger partial charge >= 0.3 is 0 Å². The normalized spacial score (nSPS) is 18.7. The lowest BCUT2D eigenvalue weighted by atomic mass is 10.1. The van der Waals surface area contributed by atoms with Crippen molar-refractivity contribution in [2.45, 2.75) is 31.8 Å². The number of carbonyl (C=O) groups excluding carboxylic acids is 2. The van der Waals surface area contributed by atoms with E-state index in [1.54, 1.807) is 4.90 Å². The van der Waals surface area contributed by atoms with E-state index in [4.69, 9.17) is 0 Å². The molecule has 1 atom stereocenters. The Balaban J connectivity index is 1.32. The Morgan fingerprint density at radius 2 is 1.81 bits per heavy atom. The predicted molar refractivity (Wildman–Crippen MR) is 105 cm³/mol. The third kappa shape index (κ3) is 3.82. The van der Waals surface area contributed by atoms with Crippen molar-refractivity contribution in [1.82, 2.24) is 10.2 Å². The van der Waals surface area contributed by atoms with Crippen molar-refractivity contribution in [3.8, 4) is 0 Å². The standard InChI is InChI=1S/C22H25N3O2/c26-21-11-10-20(25(21)16-17-6-2-1-3-7-17)22(27)23-13-15-24-14-12-18-8-4-5-9-19(18)24/h1-9,20H,10-16H2,(H,23,27). The molecule has 2 heterocycles. The van der Waals surface area contributed by atoms with E-state index in [2.05, 4.69) is 34.5 Å². The minimum absolute atomic E-state index is 0.0377. The molecule has 2 aromatic carbocycles. The molecule has 2 aliphatic heterocycles. The van der Waals surface area contributed by atoms with E-state index in [1.807, 2.05) is 30.3 Å². The molecule has 1 saturated heterocycles. The van der Waals surface area contributed by atoms with Crippen LogP contribution in [0.3, 0.4) is 0 Å². The second-order valence-corrected chi connectivity index (χ2v) is 7.22. The molecule has 0 aromatic heterocycles. The van der Waals surface area contributed by atoms with Crippen molar-refractivity contribution in [2.75, 3.05) is 24.5 Å². The van der Waals surface area contributed by atoms with E-state index in [0.29, 0.717) is 25.9 Å². The molecule has 1 fully saturated rings. The lowest BCUT2D eigenvalue weighted by Gasteiger charge is -2.25. The van der Waals surface area contributed by atoms with E-state index in [9.17, 15) is 9.59 Å². The molecule has 2 aromatic rings. The summed E-state index contributed by atoms with van der Waals surface area (Å²) in [5.41, 5.74) is 3.70. The van der Waals surface area contributed by atoms with Crippen molar-refractivity contribution in [1.29, 1.82) is 0 Å². The molecular formula is C22H25N3O2. The minimum atomic E-state index is -0.358. The number of fused-ring (bicyclic) bond motifs is 1. The van der Waals surface area contributed by atoms with Crippen molar-refractivity contribution in [2.24, 2.45) is 0 Å². The van der Waals surface area contributed by atoms with Crippen LogP contribution in [-0.2, 0) is 22.6 Å². The Kier molecular flexibility index (Phi) is 5.10. The molecule has 27 heavy (non-hydrogen) atoms. The monoisotopic (exact) mass is 363 g/mol. The third-order valence-electron chi connectivity index (χ3n) is 5.49. The molecule has 1 N–H and O–H groups in total. The van der Waals surface area contributed by atoms with Gasteiger partial charge in [-0.25, -0.2) is 0 Å². The number of nitrogens with one attached hydrogen (secondary N) is 1. The first kappa shape index (κ1) is 17.6. The maximum Gasteiger partial charge on any atom is 0.242 e. The zero-order valence-corrected chi connectivity index (χ0v) is 15.4. The molecule has 0 radical (unpaired) electrons. The summed E-state index contributed by atoms with van der Waals surface area (Å²) in [6, 6.07) is 17.9. The van der Waals surface area contributed by atoms with E-state index < -0.39 is 0 Å². The van der Waals surface area contributed by atoms with E-state index in [0.717, 1.165) is 25.1 Å². The van der Waals surface area contributed by atoms with Gasteiger partial charge in [0.05, 0.1) is 0 Å². The van der Waals surface area contributed by atoms with Gasteiger partial charge in [0.1, 0.15) is 6.04 Å². The average Bonchev–Trinajstić information content (AvgIpc) is 3.27. The molecular weight excluding hydrogens is 338 g/mol. The molecule has 4 rings (SSSR count). The molecule has 0 bridgehead atoms. The van der Waals surface area contributed by atoms with Crippen LogP contribution < -0.4 is 10.2 Å². The summed E-state index contributed by atoms with van der Waals surface area (Å²) < 4.78 is 0. The second-order valence-electron chi connectivity index (χ2n) is 7.22. The van der Waals surface area contributed by atoms with Crippen LogP contribution >= 0.6 is 0 Å². The number of benzene rings is 2. The van der Waals surface area contributed by atoms with Crippen LogP contribution in [0.2, 0.25) is 0 Å². The van der Waals surface area contributed by atoms with Crippen LogP contribution in [0.25, 0.3) is 0 Å². The molecule has 2 aliphatic rings. The van der Waals surface area contributed by atoms with Crippen LogP contribution in [0.4, 0.5) is 5.69 Å². The van der Waals surface area contributed by atoms with Crippen molar-refractivity contribution >= 4 is 17.5 Å². The van der Waals surface area contributed by atoms with E-state index >= 15 is 0 Å². The van der Waals surface area contributed by atoms with Crippen LogP contribution in [0.15, 0.2) is 54.6 Å². The summed E-state index contributed by atoms with van der Waals surface area (Å²) in [6.07, 6.45) is 2.11. The summed E-state index contributed by atoms with van der Waals surface area (Å²) in [5.74, 6) is 0.0248. The van der Waals surface area contributed by atoms with Gasteiger partial charge in [0.15, 0.2) is 0 Å². The highest BCUT2D eigenvalue weighted by atomic mass is 16.2. The van der Waals surface area contributed by atoms with Gasteiger partial charge in [-0.2, -0.15) is 0 Å². The van der Waals surface area contributed by atoms with Crippen LogP contribution in [-0.4, -0.2) is 42.4 Å². The number of hydrogen-bond acceptors (Lipinski definition) is 3. The van der Waals surface area contributed by atoms with Crippen molar-refractivity contribution in [3.63, 3.8) is 0 Å². The Morgan fingerprint density at radius 1 is 1.04 bits per heavy atom. The first-order valence-electron chi connectivity index (χ1n) is 9.66. The van der Waals surface area contributed by atoms with Crippen molar-refractivity contribution < 1.29 is 9.59 Å². The number of likely N-dealkylation sites (tertiary alicyclic amines) is 1. The van der Waals surface area contributed by atoms with Crippen molar-refractivity contribution in [3.05, 3.63) is 65.7 Å². The average molecular weight is 363 g/mol. The molecule has 5 nitrogen and oxygen atoms in total. The first-order valence-corrected chi connectivity index (χ1v) is 9.66. The number of hydrogen-bond donors (Lipinski definition) is 1. The van der Waals surface area contributed by atoms with Crippen LogP contribution in [0.5, 0.6) is 0 Å². The molecule has 0 aliphatic carbocycles. The Bertz CT molecular complexity index is 821. The second kappa shape index (κ2) is 7.82. The van der Waals surface area contributed by atoms with E-state index in [-0.39, 0.29) is 17.9 Å². The van der Waals surface area contributed by atoms with Gasteiger partial charge in [0.2, 0.25) is 11.8 Å². The molecule has 2 amide bonds. The molecule has 5 heteroatoms. The summed E-state index contributed by atoms with van der Waals surface area (Å²) in [7, 11) is 0. The highest BCUT2D eigenvalue weighted by Crippen LogP contribution is 2.26. The van der Waals surface area contributed by atoms with Gasteiger partial charge in [0.25, 0.3) is 0 Å². The molecule has 0 saturated carbocycles. The van der Waals surface area contributed by atoms with Gasteiger partial charge < -0.3 is 15.1 Å². The third-order valence-corrected chi connectivity index (χ3v) is 5.49. The highest BCUT2D eigenvalue weighted by Gasteiger charge is 2.35. The number of anilines is 1. The van der Waals surface area contributed by atoms with Gasteiger partial charge in [-0.1, -0.05) is 48.5 Å². The fourth-order valence-corrected chi connectivity index (χ4v) is 4.06. The summed E-state index contributed by atoms with van der Waals surface area (Å²) in [5, 5.41) is 3.04. The summed E-state index contributed by atoms with van der Waals surface area (Å²) >= 11 is 0. The van der Waals surface area contributed by atoms with Gasteiger partial charge in [-0.05, 0) is 30.0 Å². The number of rotatable bonds is 6. The number of carbonyl (C=O) groups is 2. The largest absolute Gasteiger partial charge is 0.369 e. The molecule has 0 spiro atoms. The zero-order chi connectivity index (χ0) is 18.6. The molecule has 140 valence electrons. The Labute approximate surface area is 160 Å². The van der Waals surface area contributed by atoms with Gasteiger partial charge in [-0.15, -0.1) is 0 Å². The Morgan fingerprint density at radius 3 is 2.67 bits per heavy atom. The summed E-state index contributed by atoms with van der Waals surface area (Å²) in [4.78, 5) is 29.0. The predicted octanol–water partition coefficient (Wildman–Crippen LogP) is 2.36. The number of para-hydroxylation sites is 1. The smallest absolute Gasteiger partial charge is 0.242 e. The number of nitrogens with zero attached hydrogens (tertiary/aromatic N) is 2. The van der Waals surface area contributed by atoms with Gasteiger partial charge in [0, 0.05) is 38.3 Å². The lowest BCUT2D eigenvalue weighted by Crippen LogP contribution is -2.46. The fourth-order valence-electron chi connectivity index (χ4n) is 4.06. The van der Waals surface area contributed by atoms with Crippen LogP contribution in [0, 0.1) is 0 Å². The number of amides is 2. The topological polar surface area (TPSA) is 52.7 Å². The fraction of sp³-hybridized carbons (Fsp3) is 0.364. The quantitative estimate of drug-likeness (QED) is 0.857.